The fourth-order valence-corrected chi connectivity index (χ4v) is 3.66. The number of amides is 1. The minimum atomic E-state index is -0.666. The van der Waals surface area contributed by atoms with Gasteiger partial charge < -0.3 is 14.1 Å². The second-order valence-corrected chi connectivity index (χ2v) is 7.50. The Hall–Kier alpha value is -2.98. The zero-order valence-corrected chi connectivity index (χ0v) is 16.6. The number of nitro groups is 1. The highest BCUT2D eigenvalue weighted by molar-refractivity contribution is 7.22. The van der Waals surface area contributed by atoms with Crippen LogP contribution < -0.4 is 14.5 Å². The summed E-state index contributed by atoms with van der Waals surface area (Å²) in [5.41, 5.74) is 0.723. The molecule has 3 rings (SSSR count). The van der Waals surface area contributed by atoms with Crippen LogP contribution in [0, 0.1) is 10.1 Å². The van der Waals surface area contributed by atoms with Crippen LogP contribution in [-0.2, 0) is 0 Å². The SMILES string of the molecule is COc1ccc2sc(N(CCC[NH+](C)C)C(=O)c3ccc([N+](=O)[O-])o3)nc2c1. The van der Waals surface area contributed by atoms with E-state index >= 15 is 0 Å². The monoisotopic (exact) mass is 405 g/mol. The molecule has 9 nitrogen and oxygen atoms in total. The maximum atomic E-state index is 13.0. The molecule has 0 fully saturated rings. The topological polar surface area (TPSA) is 103 Å². The lowest BCUT2D eigenvalue weighted by molar-refractivity contribution is -0.858. The van der Waals surface area contributed by atoms with Crippen LogP contribution in [0.1, 0.15) is 17.0 Å². The molecule has 1 N–H and O–H groups in total. The first kappa shape index (κ1) is 19.8. The molecular weight excluding hydrogens is 384 g/mol. The summed E-state index contributed by atoms with van der Waals surface area (Å²) >= 11 is 1.38. The Labute approximate surface area is 165 Å². The summed E-state index contributed by atoms with van der Waals surface area (Å²) in [4.78, 5) is 30.5. The van der Waals surface area contributed by atoms with Crippen LogP contribution in [0.4, 0.5) is 11.0 Å². The van der Waals surface area contributed by atoms with Gasteiger partial charge >= 0.3 is 5.88 Å². The van der Waals surface area contributed by atoms with Crippen molar-refractivity contribution in [1.29, 1.82) is 0 Å². The standard InChI is InChI=1S/C18H20N4O5S/c1-20(2)9-4-10-21(17(23)14-6-8-16(27-14)22(24)25)18-19-13-11-12(26-3)5-7-15(13)28-18/h5-8,11H,4,9-10H2,1-3H3/p+1. The van der Waals surface area contributed by atoms with Gasteiger partial charge in [-0.05, 0) is 18.2 Å². The van der Waals surface area contributed by atoms with Crippen LogP contribution in [0.25, 0.3) is 10.2 Å². The van der Waals surface area contributed by atoms with E-state index in [1.165, 1.54) is 33.3 Å². The van der Waals surface area contributed by atoms with Crippen molar-refractivity contribution in [2.75, 3.05) is 39.2 Å². The van der Waals surface area contributed by atoms with Crippen molar-refractivity contribution in [3.05, 3.63) is 46.2 Å². The Kier molecular flexibility index (Phi) is 5.90. The van der Waals surface area contributed by atoms with Crippen molar-refractivity contribution in [2.24, 2.45) is 0 Å². The van der Waals surface area contributed by atoms with E-state index in [0.29, 0.717) is 17.4 Å². The molecule has 1 aromatic carbocycles. The molecule has 0 spiro atoms. The van der Waals surface area contributed by atoms with Crippen LogP contribution in [0.15, 0.2) is 34.7 Å². The fourth-order valence-electron chi connectivity index (χ4n) is 2.69. The first-order chi connectivity index (χ1) is 13.4. The molecule has 0 saturated carbocycles. The number of rotatable bonds is 8. The van der Waals surface area contributed by atoms with Crippen LogP contribution in [0.2, 0.25) is 0 Å². The highest BCUT2D eigenvalue weighted by Crippen LogP contribution is 2.32. The van der Waals surface area contributed by atoms with Gasteiger partial charge in [0, 0.05) is 19.0 Å². The van der Waals surface area contributed by atoms with Gasteiger partial charge in [-0.3, -0.25) is 19.8 Å². The Morgan fingerprint density at radius 1 is 1.36 bits per heavy atom. The number of quaternary nitrogens is 1. The number of anilines is 1. The maximum Gasteiger partial charge on any atom is 0.433 e. The van der Waals surface area contributed by atoms with Crippen LogP contribution in [0.3, 0.4) is 0 Å². The molecule has 0 radical (unpaired) electrons. The number of carbonyl (C=O) groups excluding carboxylic acids is 1. The second kappa shape index (κ2) is 8.36. The van der Waals surface area contributed by atoms with E-state index in [1.54, 1.807) is 13.2 Å². The van der Waals surface area contributed by atoms with Crippen LogP contribution in [-0.4, -0.2) is 50.1 Å². The summed E-state index contributed by atoms with van der Waals surface area (Å²) in [6.07, 6.45) is 0.746. The number of furan rings is 1. The summed E-state index contributed by atoms with van der Waals surface area (Å²) in [7, 11) is 5.65. The molecule has 0 saturated heterocycles. The van der Waals surface area contributed by atoms with E-state index in [4.69, 9.17) is 9.15 Å². The molecule has 0 bridgehead atoms. The molecule has 2 aromatic heterocycles. The van der Waals surface area contributed by atoms with Crippen molar-refractivity contribution in [3.8, 4) is 5.75 Å². The van der Waals surface area contributed by atoms with E-state index in [9.17, 15) is 14.9 Å². The summed E-state index contributed by atoms with van der Waals surface area (Å²) in [6, 6.07) is 8.03. The molecule has 10 heteroatoms. The van der Waals surface area contributed by atoms with Gasteiger partial charge in [-0.25, -0.2) is 4.98 Å². The lowest BCUT2D eigenvalue weighted by Gasteiger charge is -2.19. The highest BCUT2D eigenvalue weighted by atomic mass is 32.1. The Morgan fingerprint density at radius 2 is 2.14 bits per heavy atom. The molecule has 0 aliphatic heterocycles. The summed E-state index contributed by atoms with van der Waals surface area (Å²) in [5, 5.41) is 11.4. The number of nitrogens with one attached hydrogen (secondary N) is 1. The Morgan fingerprint density at radius 3 is 2.79 bits per heavy atom. The predicted octanol–water partition coefficient (Wildman–Crippen LogP) is 1.99. The van der Waals surface area contributed by atoms with Crippen LogP contribution >= 0.6 is 11.3 Å². The largest absolute Gasteiger partial charge is 0.497 e. The predicted molar refractivity (Wildman–Crippen MR) is 106 cm³/mol. The third-order valence-corrected chi connectivity index (χ3v) is 5.16. The van der Waals surface area contributed by atoms with Gasteiger partial charge in [-0.2, -0.15) is 0 Å². The molecule has 0 aliphatic carbocycles. The second-order valence-electron chi connectivity index (χ2n) is 6.49. The average molecular weight is 405 g/mol. The number of hydrogen-bond acceptors (Lipinski definition) is 7. The Balaban J connectivity index is 1.93. The van der Waals surface area contributed by atoms with Gasteiger partial charge in [0.05, 0.1) is 44.0 Å². The zero-order valence-electron chi connectivity index (χ0n) is 15.8. The summed E-state index contributed by atoms with van der Waals surface area (Å²) in [6.45, 7) is 1.29. The minimum Gasteiger partial charge on any atom is -0.497 e. The Bertz CT molecular complexity index is 997. The number of thiazole rings is 1. The third-order valence-electron chi connectivity index (χ3n) is 4.10. The van der Waals surface area contributed by atoms with Crippen molar-refractivity contribution in [1.82, 2.24) is 4.98 Å². The number of methoxy groups -OCH3 is 1. The number of fused-ring (bicyclic) bond motifs is 1. The number of nitrogens with zero attached hydrogens (tertiary/aromatic N) is 3. The van der Waals surface area contributed by atoms with Crippen LogP contribution in [0.5, 0.6) is 5.75 Å². The van der Waals surface area contributed by atoms with Gasteiger partial charge in [0.15, 0.2) is 10.9 Å². The normalized spacial score (nSPS) is 11.1. The van der Waals surface area contributed by atoms with Gasteiger partial charge in [-0.15, -0.1) is 0 Å². The quantitative estimate of drug-likeness (QED) is 0.454. The zero-order chi connectivity index (χ0) is 20.3. The number of ether oxygens (including phenoxy) is 1. The number of aromatic nitrogens is 1. The van der Waals surface area contributed by atoms with Crippen molar-refractivity contribution >= 4 is 38.5 Å². The molecule has 1 amide bonds. The molecule has 0 unspecified atom stereocenters. The van der Waals surface area contributed by atoms with Gasteiger partial charge in [0.25, 0.3) is 5.91 Å². The summed E-state index contributed by atoms with van der Waals surface area (Å²) < 4.78 is 11.3. The van der Waals surface area contributed by atoms with Crippen molar-refractivity contribution < 1.29 is 23.8 Å². The van der Waals surface area contributed by atoms with E-state index < -0.39 is 16.7 Å². The molecule has 148 valence electrons. The highest BCUT2D eigenvalue weighted by Gasteiger charge is 2.26. The first-order valence-corrected chi connectivity index (χ1v) is 9.50. The van der Waals surface area contributed by atoms with Gasteiger partial charge in [0.2, 0.25) is 0 Å². The number of benzene rings is 1. The fraction of sp³-hybridized carbons (Fsp3) is 0.333. The van der Waals surface area contributed by atoms with Crippen molar-refractivity contribution in [3.63, 3.8) is 0 Å². The molecular formula is C18H21N4O5S+. The minimum absolute atomic E-state index is 0.0827. The smallest absolute Gasteiger partial charge is 0.433 e. The molecule has 0 atom stereocenters. The molecule has 0 aliphatic rings. The van der Waals surface area contributed by atoms with Crippen molar-refractivity contribution in [2.45, 2.75) is 6.42 Å². The lowest BCUT2D eigenvalue weighted by Crippen LogP contribution is -3.05. The van der Waals surface area contributed by atoms with Gasteiger partial charge in [0.1, 0.15) is 10.7 Å². The first-order valence-electron chi connectivity index (χ1n) is 8.68. The molecule has 3 aromatic rings. The molecule has 28 heavy (non-hydrogen) atoms. The number of hydrogen-bond donors (Lipinski definition) is 1. The third kappa shape index (κ3) is 4.29. The maximum absolute atomic E-state index is 13.0. The number of carbonyl (C=O) groups is 1. The summed E-state index contributed by atoms with van der Waals surface area (Å²) in [5.74, 6) is -0.316. The van der Waals surface area contributed by atoms with E-state index in [-0.39, 0.29) is 5.76 Å². The molecule has 2 heterocycles. The van der Waals surface area contributed by atoms with E-state index in [0.717, 1.165) is 23.2 Å². The van der Waals surface area contributed by atoms with E-state index in [1.807, 2.05) is 26.2 Å². The van der Waals surface area contributed by atoms with Gasteiger partial charge in [-0.1, -0.05) is 11.3 Å². The van der Waals surface area contributed by atoms with E-state index in [2.05, 4.69) is 4.98 Å². The lowest BCUT2D eigenvalue weighted by atomic mass is 10.3. The average Bonchev–Trinajstić information content (AvgIpc) is 3.30.